The van der Waals surface area contributed by atoms with E-state index >= 15 is 0 Å². The number of ether oxygens (including phenoxy) is 1. The van der Waals surface area contributed by atoms with E-state index < -0.39 is 0 Å². The Bertz CT molecular complexity index is 482. The number of nitrogen functional groups attached to an aromatic ring is 1. The van der Waals surface area contributed by atoms with Crippen molar-refractivity contribution in [3.63, 3.8) is 0 Å². The molecule has 0 unspecified atom stereocenters. The van der Waals surface area contributed by atoms with Crippen LogP contribution in [0.15, 0.2) is 41.8 Å². The number of thiophene rings is 1. The summed E-state index contributed by atoms with van der Waals surface area (Å²) in [6, 6.07) is 11.9. The highest BCUT2D eigenvalue weighted by Crippen LogP contribution is 2.13. The number of likely N-dealkylation sites (N-methyl/N-ethyl adjacent to an activating group) is 1. The van der Waals surface area contributed by atoms with Gasteiger partial charge in [-0.2, -0.15) is 0 Å². The van der Waals surface area contributed by atoms with Crippen LogP contribution in [0.5, 0.6) is 5.75 Å². The van der Waals surface area contributed by atoms with Gasteiger partial charge in [0, 0.05) is 23.7 Å². The molecule has 0 amide bonds. The zero-order valence-electron chi connectivity index (χ0n) is 11.9. The minimum absolute atomic E-state index is 0.743. The minimum atomic E-state index is 0.743. The maximum Gasteiger partial charge on any atom is 0.119 e. The van der Waals surface area contributed by atoms with E-state index in [0.717, 1.165) is 44.0 Å². The first-order valence-electron chi connectivity index (χ1n) is 6.93. The summed E-state index contributed by atoms with van der Waals surface area (Å²) >= 11 is 1.83. The van der Waals surface area contributed by atoms with E-state index in [1.807, 2.05) is 35.6 Å². The molecule has 0 saturated heterocycles. The predicted molar refractivity (Wildman–Crippen MR) is 86.5 cm³/mol. The summed E-state index contributed by atoms with van der Waals surface area (Å²) in [5, 5.41) is 2.13. The van der Waals surface area contributed by atoms with Gasteiger partial charge < -0.3 is 15.4 Å². The Labute approximate surface area is 125 Å². The molecule has 0 saturated carbocycles. The maximum absolute atomic E-state index is 5.68. The Morgan fingerprint density at radius 1 is 1.15 bits per heavy atom. The molecule has 0 aliphatic carbocycles. The first-order chi connectivity index (χ1) is 9.74. The molecule has 1 aromatic heterocycles. The van der Waals surface area contributed by atoms with Crippen LogP contribution >= 0.6 is 11.3 Å². The van der Waals surface area contributed by atoms with Crippen LogP contribution in [-0.4, -0.2) is 31.6 Å². The Morgan fingerprint density at radius 3 is 2.65 bits per heavy atom. The van der Waals surface area contributed by atoms with Crippen LogP contribution in [0.3, 0.4) is 0 Å². The van der Waals surface area contributed by atoms with Crippen molar-refractivity contribution in [3.05, 3.63) is 46.7 Å². The van der Waals surface area contributed by atoms with Gasteiger partial charge in [0.25, 0.3) is 0 Å². The fourth-order valence-corrected chi connectivity index (χ4v) is 2.65. The molecule has 2 rings (SSSR count). The van der Waals surface area contributed by atoms with Gasteiger partial charge in [0.05, 0.1) is 6.61 Å². The third kappa shape index (κ3) is 5.23. The van der Waals surface area contributed by atoms with Crippen LogP contribution in [0.25, 0.3) is 0 Å². The molecule has 3 nitrogen and oxygen atoms in total. The lowest BCUT2D eigenvalue weighted by molar-refractivity contribution is 0.264. The predicted octanol–water partition coefficient (Wildman–Crippen LogP) is 3.27. The lowest BCUT2D eigenvalue weighted by Crippen LogP contribution is -2.23. The molecule has 0 aliphatic rings. The largest absolute Gasteiger partial charge is 0.494 e. The third-order valence-corrected chi connectivity index (χ3v) is 4.09. The van der Waals surface area contributed by atoms with E-state index in [-0.39, 0.29) is 0 Å². The summed E-state index contributed by atoms with van der Waals surface area (Å²) in [5.74, 6) is 0.889. The summed E-state index contributed by atoms with van der Waals surface area (Å²) in [6.07, 6.45) is 2.16. The number of hydrogen-bond acceptors (Lipinski definition) is 4. The number of nitrogens with two attached hydrogens (primary N) is 1. The Balaban J connectivity index is 1.57. The van der Waals surface area contributed by atoms with E-state index in [1.165, 1.54) is 4.88 Å². The molecule has 0 aliphatic heterocycles. The fraction of sp³-hybridized carbons (Fsp3) is 0.375. The molecule has 0 atom stereocenters. The van der Waals surface area contributed by atoms with Gasteiger partial charge in [-0.3, -0.25) is 0 Å². The standard InChI is InChI=1S/C16H22N2OS/c1-18(11-9-16-4-2-13-20-16)10-3-12-19-15-7-5-14(17)6-8-15/h2,4-8,13H,3,9-12,17H2,1H3. The van der Waals surface area contributed by atoms with Gasteiger partial charge in [-0.05, 0) is 55.6 Å². The van der Waals surface area contributed by atoms with Crippen LogP contribution in [0.2, 0.25) is 0 Å². The number of rotatable bonds is 8. The molecular weight excluding hydrogens is 268 g/mol. The van der Waals surface area contributed by atoms with Gasteiger partial charge >= 0.3 is 0 Å². The second-order valence-corrected chi connectivity index (χ2v) is 5.94. The fourth-order valence-electron chi connectivity index (χ4n) is 1.96. The Hall–Kier alpha value is -1.52. The van der Waals surface area contributed by atoms with Gasteiger partial charge in [-0.25, -0.2) is 0 Å². The van der Waals surface area contributed by atoms with Crippen LogP contribution < -0.4 is 10.5 Å². The highest BCUT2D eigenvalue weighted by Gasteiger charge is 2.01. The highest BCUT2D eigenvalue weighted by atomic mass is 32.1. The van der Waals surface area contributed by atoms with Crippen molar-refractivity contribution < 1.29 is 4.74 Å². The van der Waals surface area contributed by atoms with E-state index in [9.17, 15) is 0 Å². The van der Waals surface area contributed by atoms with Gasteiger partial charge in [0.1, 0.15) is 5.75 Å². The minimum Gasteiger partial charge on any atom is -0.494 e. The molecule has 1 heterocycles. The highest BCUT2D eigenvalue weighted by molar-refractivity contribution is 7.09. The summed E-state index contributed by atoms with van der Waals surface area (Å²) < 4.78 is 5.68. The van der Waals surface area contributed by atoms with E-state index in [1.54, 1.807) is 0 Å². The Kier molecular flexibility index (Phi) is 5.89. The van der Waals surface area contributed by atoms with Crippen molar-refractivity contribution >= 4 is 17.0 Å². The zero-order valence-corrected chi connectivity index (χ0v) is 12.7. The Morgan fingerprint density at radius 2 is 1.95 bits per heavy atom. The summed E-state index contributed by atoms with van der Waals surface area (Å²) in [4.78, 5) is 3.81. The molecule has 4 heteroatoms. The second-order valence-electron chi connectivity index (χ2n) is 4.90. The average Bonchev–Trinajstić information content (AvgIpc) is 2.96. The van der Waals surface area contributed by atoms with Crippen molar-refractivity contribution in [2.75, 3.05) is 32.5 Å². The lowest BCUT2D eigenvalue weighted by Gasteiger charge is -2.16. The number of benzene rings is 1. The molecule has 0 radical (unpaired) electrons. The maximum atomic E-state index is 5.68. The van der Waals surface area contributed by atoms with Gasteiger partial charge in [0.15, 0.2) is 0 Å². The molecular formula is C16H22N2OS. The third-order valence-electron chi connectivity index (χ3n) is 3.15. The molecule has 0 spiro atoms. The van der Waals surface area contributed by atoms with Crippen LogP contribution in [0, 0.1) is 0 Å². The molecule has 108 valence electrons. The van der Waals surface area contributed by atoms with Gasteiger partial charge in [-0.1, -0.05) is 6.07 Å². The molecule has 0 bridgehead atoms. The summed E-state index contributed by atoms with van der Waals surface area (Å²) in [6.45, 7) is 2.90. The second kappa shape index (κ2) is 7.92. The van der Waals surface area contributed by atoms with E-state index in [4.69, 9.17) is 10.5 Å². The first-order valence-corrected chi connectivity index (χ1v) is 7.81. The van der Waals surface area contributed by atoms with Gasteiger partial charge in [-0.15, -0.1) is 11.3 Å². The van der Waals surface area contributed by atoms with E-state index in [2.05, 4.69) is 29.5 Å². The molecule has 2 aromatic rings. The van der Waals surface area contributed by atoms with Crippen LogP contribution in [-0.2, 0) is 6.42 Å². The molecule has 1 aromatic carbocycles. The van der Waals surface area contributed by atoms with Crippen molar-refractivity contribution in [3.8, 4) is 5.75 Å². The molecule has 20 heavy (non-hydrogen) atoms. The summed E-state index contributed by atoms with van der Waals surface area (Å²) in [5.41, 5.74) is 6.40. The lowest BCUT2D eigenvalue weighted by atomic mass is 10.3. The first kappa shape index (κ1) is 14.9. The van der Waals surface area contributed by atoms with Crippen molar-refractivity contribution in [1.82, 2.24) is 4.90 Å². The van der Waals surface area contributed by atoms with Crippen LogP contribution in [0.1, 0.15) is 11.3 Å². The van der Waals surface area contributed by atoms with Crippen molar-refractivity contribution in [1.29, 1.82) is 0 Å². The van der Waals surface area contributed by atoms with Crippen molar-refractivity contribution in [2.45, 2.75) is 12.8 Å². The van der Waals surface area contributed by atoms with Gasteiger partial charge in [0.2, 0.25) is 0 Å². The topological polar surface area (TPSA) is 38.5 Å². The van der Waals surface area contributed by atoms with Crippen molar-refractivity contribution in [2.24, 2.45) is 0 Å². The smallest absolute Gasteiger partial charge is 0.119 e. The number of hydrogen-bond donors (Lipinski definition) is 1. The summed E-state index contributed by atoms with van der Waals surface area (Å²) in [7, 11) is 2.16. The van der Waals surface area contributed by atoms with Crippen LogP contribution in [0.4, 0.5) is 5.69 Å². The number of anilines is 1. The molecule has 0 fully saturated rings. The molecule has 2 N–H and O–H groups in total. The number of nitrogens with zero attached hydrogens (tertiary/aromatic N) is 1. The average molecular weight is 290 g/mol. The SMILES string of the molecule is CN(CCCOc1ccc(N)cc1)CCc1cccs1. The quantitative estimate of drug-likeness (QED) is 0.599. The normalized spacial score (nSPS) is 10.9. The monoisotopic (exact) mass is 290 g/mol. The zero-order chi connectivity index (χ0) is 14.2. The van der Waals surface area contributed by atoms with E-state index in [0.29, 0.717) is 0 Å².